The van der Waals surface area contributed by atoms with E-state index in [-0.39, 0.29) is 12.3 Å². The van der Waals surface area contributed by atoms with Crippen LogP contribution in [0.2, 0.25) is 0 Å². The molecule has 0 fully saturated rings. The molecule has 2 aromatic rings. The number of rotatable bonds is 7. The Morgan fingerprint density at radius 1 is 1.19 bits per heavy atom. The number of nitrogen functional groups attached to an aromatic ring is 1. The van der Waals surface area contributed by atoms with E-state index in [1.807, 2.05) is 18.2 Å². The van der Waals surface area contributed by atoms with E-state index in [0.29, 0.717) is 11.4 Å². The third kappa shape index (κ3) is 5.74. The number of pyridine rings is 1. The molecular weight excluding hydrogens is 306 g/mol. The maximum absolute atomic E-state index is 11.9. The van der Waals surface area contributed by atoms with Gasteiger partial charge in [0.2, 0.25) is 10.0 Å². The number of nitrogens with two attached hydrogens (primary N) is 1. The highest BCUT2D eigenvalue weighted by molar-refractivity contribution is 8.00. The highest BCUT2D eigenvalue weighted by Gasteiger charge is 2.10. The number of aromatic nitrogens is 1. The number of nitrogens with zero attached hydrogens (tertiary/aromatic N) is 1. The van der Waals surface area contributed by atoms with Crippen molar-refractivity contribution in [2.24, 2.45) is 0 Å². The third-order valence-corrected chi connectivity index (χ3v) is 5.32. The predicted octanol–water partition coefficient (Wildman–Crippen LogP) is 1.88. The van der Waals surface area contributed by atoms with Gasteiger partial charge >= 0.3 is 0 Å². The lowest BCUT2D eigenvalue weighted by molar-refractivity contribution is 0.583. The maximum Gasteiger partial charge on any atom is 0.212 e. The lowest BCUT2D eigenvalue weighted by Gasteiger charge is -2.06. The van der Waals surface area contributed by atoms with Gasteiger partial charge in [-0.3, -0.25) is 4.98 Å². The fourth-order valence-corrected chi connectivity index (χ4v) is 3.91. The maximum atomic E-state index is 11.9. The summed E-state index contributed by atoms with van der Waals surface area (Å²) in [6.07, 6.45) is 3.30. The quantitative estimate of drug-likeness (QED) is 0.600. The minimum atomic E-state index is -3.28. The van der Waals surface area contributed by atoms with E-state index in [1.165, 1.54) is 11.8 Å². The zero-order valence-corrected chi connectivity index (χ0v) is 13.0. The first-order valence-electron chi connectivity index (χ1n) is 6.40. The average molecular weight is 323 g/mol. The van der Waals surface area contributed by atoms with Gasteiger partial charge in [-0.15, -0.1) is 11.8 Å². The van der Waals surface area contributed by atoms with Crippen LogP contribution < -0.4 is 10.5 Å². The average Bonchev–Trinajstić information content (AvgIpc) is 2.48. The molecule has 0 saturated heterocycles. The normalized spacial score (nSPS) is 11.4. The molecule has 2 rings (SSSR count). The fraction of sp³-hybridized carbons (Fsp3) is 0.214. The molecule has 0 aliphatic heterocycles. The van der Waals surface area contributed by atoms with Crippen LogP contribution in [0.15, 0.2) is 53.7 Å². The summed E-state index contributed by atoms with van der Waals surface area (Å²) in [5, 5.41) is 0. The summed E-state index contributed by atoms with van der Waals surface area (Å²) in [7, 11) is -3.28. The standard InChI is InChI=1S/C14H17N3O2S2/c15-13-3-5-14(6-4-13)20-8-9-21(18,19)17-11-12-2-1-7-16-10-12/h1-7,10,17H,8-9,11,15H2. The molecule has 0 amide bonds. The van der Waals surface area contributed by atoms with Gasteiger partial charge in [-0.1, -0.05) is 6.07 Å². The Labute approximate surface area is 129 Å². The van der Waals surface area contributed by atoms with Crippen molar-refractivity contribution in [2.75, 3.05) is 17.2 Å². The number of thioether (sulfide) groups is 1. The van der Waals surface area contributed by atoms with E-state index in [9.17, 15) is 8.42 Å². The van der Waals surface area contributed by atoms with Crippen molar-refractivity contribution in [2.45, 2.75) is 11.4 Å². The van der Waals surface area contributed by atoms with Crippen molar-refractivity contribution < 1.29 is 8.42 Å². The first-order chi connectivity index (χ1) is 10.1. The zero-order chi connectivity index (χ0) is 15.1. The van der Waals surface area contributed by atoms with Gasteiger partial charge in [0.25, 0.3) is 0 Å². The molecule has 21 heavy (non-hydrogen) atoms. The predicted molar refractivity (Wildman–Crippen MR) is 86.4 cm³/mol. The van der Waals surface area contributed by atoms with E-state index >= 15 is 0 Å². The summed E-state index contributed by atoms with van der Waals surface area (Å²) >= 11 is 1.49. The summed E-state index contributed by atoms with van der Waals surface area (Å²) in [4.78, 5) is 4.95. The van der Waals surface area contributed by atoms with Crippen molar-refractivity contribution >= 4 is 27.5 Å². The smallest absolute Gasteiger partial charge is 0.212 e. The van der Waals surface area contributed by atoms with Crippen LogP contribution in [0.1, 0.15) is 5.56 Å². The molecule has 0 radical (unpaired) electrons. The van der Waals surface area contributed by atoms with Crippen molar-refractivity contribution in [3.8, 4) is 0 Å². The topological polar surface area (TPSA) is 85.1 Å². The Morgan fingerprint density at radius 3 is 2.62 bits per heavy atom. The molecule has 3 N–H and O–H groups in total. The fourth-order valence-electron chi connectivity index (χ4n) is 1.60. The number of sulfonamides is 1. The largest absolute Gasteiger partial charge is 0.399 e. The molecule has 0 aliphatic rings. The molecule has 0 atom stereocenters. The van der Waals surface area contributed by atoms with Gasteiger partial charge in [0, 0.05) is 35.3 Å². The van der Waals surface area contributed by atoms with Gasteiger partial charge in [0.15, 0.2) is 0 Å². The molecule has 0 aliphatic carbocycles. The van der Waals surface area contributed by atoms with Crippen LogP contribution in [0.3, 0.4) is 0 Å². The highest BCUT2D eigenvalue weighted by atomic mass is 32.2. The molecule has 112 valence electrons. The third-order valence-electron chi connectivity index (χ3n) is 2.72. The second-order valence-corrected chi connectivity index (χ2v) is 7.51. The summed E-state index contributed by atoms with van der Waals surface area (Å²) < 4.78 is 26.3. The van der Waals surface area contributed by atoms with Crippen LogP contribution in [0.4, 0.5) is 5.69 Å². The lowest BCUT2D eigenvalue weighted by Crippen LogP contribution is -2.26. The molecule has 5 nitrogen and oxygen atoms in total. The molecule has 1 aromatic heterocycles. The highest BCUT2D eigenvalue weighted by Crippen LogP contribution is 2.19. The minimum Gasteiger partial charge on any atom is -0.399 e. The van der Waals surface area contributed by atoms with Crippen molar-refractivity contribution in [1.29, 1.82) is 0 Å². The van der Waals surface area contributed by atoms with E-state index in [0.717, 1.165) is 10.5 Å². The van der Waals surface area contributed by atoms with Gasteiger partial charge in [-0.25, -0.2) is 13.1 Å². The van der Waals surface area contributed by atoms with Crippen LogP contribution in [0, 0.1) is 0 Å². The number of benzene rings is 1. The van der Waals surface area contributed by atoms with Gasteiger partial charge < -0.3 is 5.73 Å². The SMILES string of the molecule is Nc1ccc(SCCS(=O)(=O)NCc2cccnc2)cc1. The summed E-state index contributed by atoms with van der Waals surface area (Å²) in [5.74, 6) is 0.564. The van der Waals surface area contributed by atoms with Crippen molar-refractivity contribution in [3.05, 3.63) is 54.4 Å². The monoisotopic (exact) mass is 323 g/mol. The first-order valence-corrected chi connectivity index (χ1v) is 9.03. The number of anilines is 1. The second-order valence-electron chi connectivity index (χ2n) is 4.42. The first kappa shape index (κ1) is 15.8. The van der Waals surface area contributed by atoms with E-state index in [4.69, 9.17) is 5.73 Å². The molecule has 1 aromatic carbocycles. The summed E-state index contributed by atoms with van der Waals surface area (Å²) in [6, 6.07) is 11.0. The van der Waals surface area contributed by atoms with Crippen molar-refractivity contribution in [3.63, 3.8) is 0 Å². The Kier molecular flexibility index (Phi) is 5.60. The Morgan fingerprint density at radius 2 is 1.95 bits per heavy atom. The van der Waals surface area contributed by atoms with Gasteiger partial charge in [-0.2, -0.15) is 0 Å². The van der Waals surface area contributed by atoms with E-state index in [2.05, 4.69) is 9.71 Å². The van der Waals surface area contributed by atoms with Crippen LogP contribution in [-0.2, 0) is 16.6 Å². The van der Waals surface area contributed by atoms with Crippen LogP contribution in [-0.4, -0.2) is 24.9 Å². The molecule has 0 spiro atoms. The molecule has 0 unspecified atom stereocenters. The van der Waals surface area contributed by atoms with Crippen molar-refractivity contribution in [1.82, 2.24) is 9.71 Å². The zero-order valence-electron chi connectivity index (χ0n) is 11.4. The molecule has 0 saturated carbocycles. The number of nitrogens with one attached hydrogen (secondary N) is 1. The lowest BCUT2D eigenvalue weighted by atomic mass is 10.3. The molecular formula is C14H17N3O2S2. The van der Waals surface area contributed by atoms with E-state index in [1.54, 1.807) is 30.6 Å². The minimum absolute atomic E-state index is 0.0717. The van der Waals surface area contributed by atoms with Crippen LogP contribution in [0.5, 0.6) is 0 Å². The Balaban J connectivity index is 1.77. The van der Waals surface area contributed by atoms with Crippen LogP contribution in [0.25, 0.3) is 0 Å². The Hall–Kier alpha value is -1.57. The summed E-state index contributed by atoms with van der Waals surface area (Å²) in [6.45, 7) is 0.267. The number of hydrogen-bond acceptors (Lipinski definition) is 5. The van der Waals surface area contributed by atoms with Gasteiger partial charge in [0.05, 0.1) is 5.75 Å². The molecule has 0 bridgehead atoms. The van der Waals surface area contributed by atoms with Gasteiger partial charge in [0.1, 0.15) is 0 Å². The van der Waals surface area contributed by atoms with E-state index < -0.39 is 10.0 Å². The van der Waals surface area contributed by atoms with Gasteiger partial charge in [-0.05, 0) is 35.9 Å². The Bertz CT molecular complexity index is 658. The summed E-state index contributed by atoms with van der Waals surface area (Å²) in [5.41, 5.74) is 7.14. The van der Waals surface area contributed by atoms with Crippen LogP contribution >= 0.6 is 11.8 Å². The second kappa shape index (κ2) is 7.44. The number of hydrogen-bond donors (Lipinski definition) is 2. The molecule has 7 heteroatoms. The molecule has 1 heterocycles.